The highest BCUT2D eigenvalue weighted by Gasteiger charge is 2.28. The molecule has 0 aromatic carbocycles. The Hall–Kier alpha value is -1.17. The van der Waals surface area contributed by atoms with Crippen molar-refractivity contribution in [3.8, 4) is 0 Å². The van der Waals surface area contributed by atoms with Crippen molar-refractivity contribution in [1.82, 2.24) is 19.8 Å². The van der Waals surface area contributed by atoms with E-state index in [2.05, 4.69) is 65.4 Å². The Bertz CT molecular complexity index is 509. The van der Waals surface area contributed by atoms with E-state index in [1.165, 1.54) is 5.75 Å². The average Bonchev–Trinajstić information content (AvgIpc) is 2.90. The molecule has 1 N–H and O–H groups in total. The first-order chi connectivity index (χ1) is 11.0. The van der Waals surface area contributed by atoms with Gasteiger partial charge in [-0.05, 0) is 40.5 Å². The zero-order chi connectivity index (χ0) is 16.7. The highest BCUT2D eigenvalue weighted by molar-refractivity contribution is 8.00. The molecule has 2 heterocycles. The lowest BCUT2D eigenvalue weighted by Gasteiger charge is -2.39. The fourth-order valence-electron chi connectivity index (χ4n) is 2.84. The number of hydrogen-bond donors (Lipinski definition) is 1. The van der Waals surface area contributed by atoms with E-state index in [4.69, 9.17) is 4.99 Å². The first-order valence-corrected chi connectivity index (χ1v) is 9.65. The van der Waals surface area contributed by atoms with Crippen molar-refractivity contribution in [2.45, 2.75) is 51.8 Å². The molecule has 0 radical (unpaired) electrons. The largest absolute Gasteiger partial charge is 0.357 e. The molecule has 1 aliphatic heterocycles. The van der Waals surface area contributed by atoms with Gasteiger partial charge in [-0.15, -0.1) is 0 Å². The van der Waals surface area contributed by atoms with Gasteiger partial charge in [0.2, 0.25) is 0 Å². The molecule has 0 aliphatic carbocycles. The fourth-order valence-corrected chi connectivity index (χ4v) is 3.95. The predicted octanol–water partition coefficient (Wildman–Crippen LogP) is 2.76. The summed E-state index contributed by atoms with van der Waals surface area (Å²) in [4.78, 5) is 11.5. The van der Waals surface area contributed by atoms with E-state index < -0.39 is 0 Å². The minimum atomic E-state index is 0.313. The van der Waals surface area contributed by atoms with Crippen LogP contribution in [0.25, 0.3) is 0 Å². The number of aliphatic imine (C=N–C) groups is 1. The lowest BCUT2D eigenvalue weighted by molar-refractivity contribution is 0.375. The lowest BCUT2D eigenvalue weighted by Crippen LogP contribution is -2.51. The molecule has 0 unspecified atom stereocenters. The molecule has 0 amide bonds. The smallest absolute Gasteiger partial charge is 0.193 e. The normalized spacial score (nSPS) is 18.3. The third-order valence-electron chi connectivity index (χ3n) is 4.05. The minimum absolute atomic E-state index is 0.313. The van der Waals surface area contributed by atoms with Gasteiger partial charge in [-0.3, -0.25) is 4.99 Å². The fraction of sp³-hybridized carbons (Fsp3) is 0.765. The molecule has 1 aromatic heterocycles. The van der Waals surface area contributed by atoms with Crippen LogP contribution in [0.4, 0.5) is 0 Å². The third kappa shape index (κ3) is 5.75. The van der Waals surface area contributed by atoms with Crippen LogP contribution in [0.3, 0.4) is 0 Å². The summed E-state index contributed by atoms with van der Waals surface area (Å²) >= 11 is 2.06. The van der Waals surface area contributed by atoms with Gasteiger partial charge >= 0.3 is 0 Å². The number of guanidine groups is 1. The second kappa shape index (κ2) is 8.62. The Morgan fingerprint density at radius 1 is 1.43 bits per heavy atom. The van der Waals surface area contributed by atoms with Crippen molar-refractivity contribution in [3.63, 3.8) is 0 Å². The maximum absolute atomic E-state index is 4.84. The molecule has 0 atom stereocenters. The number of rotatable bonds is 6. The van der Waals surface area contributed by atoms with Gasteiger partial charge in [-0.1, -0.05) is 0 Å². The van der Waals surface area contributed by atoms with Crippen molar-refractivity contribution in [1.29, 1.82) is 0 Å². The number of nitrogens with one attached hydrogen (secondary N) is 1. The van der Waals surface area contributed by atoms with Crippen LogP contribution in [-0.4, -0.2) is 57.1 Å². The van der Waals surface area contributed by atoms with Gasteiger partial charge in [0.15, 0.2) is 5.96 Å². The van der Waals surface area contributed by atoms with E-state index in [1.807, 2.05) is 6.20 Å². The van der Waals surface area contributed by atoms with E-state index >= 15 is 0 Å². The number of unbranched alkanes of at least 4 members (excludes halogenated alkanes) is 1. The maximum Gasteiger partial charge on any atom is 0.193 e. The molecule has 130 valence electrons. The summed E-state index contributed by atoms with van der Waals surface area (Å²) in [5, 5.41) is 3.46. The van der Waals surface area contributed by atoms with Gasteiger partial charge in [0.1, 0.15) is 5.82 Å². The zero-order valence-electron chi connectivity index (χ0n) is 15.0. The van der Waals surface area contributed by atoms with Crippen LogP contribution in [0.1, 0.15) is 39.4 Å². The topological polar surface area (TPSA) is 45.5 Å². The van der Waals surface area contributed by atoms with Gasteiger partial charge in [0, 0.05) is 55.6 Å². The van der Waals surface area contributed by atoms with E-state index in [9.17, 15) is 0 Å². The van der Waals surface area contributed by atoms with Gasteiger partial charge in [0.25, 0.3) is 0 Å². The molecule has 5 nitrogen and oxygen atoms in total. The minimum Gasteiger partial charge on any atom is -0.357 e. The molecule has 0 spiro atoms. The van der Waals surface area contributed by atoms with Crippen molar-refractivity contribution in [2.75, 3.05) is 31.9 Å². The summed E-state index contributed by atoms with van der Waals surface area (Å²) in [5.74, 6) is 3.35. The number of imidazole rings is 1. The molecule has 1 fully saturated rings. The number of aryl methyl sites for hydroxylation is 2. The number of thioether (sulfide) groups is 1. The highest BCUT2D eigenvalue weighted by Crippen LogP contribution is 2.29. The van der Waals surface area contributed by atoms with Crippen LogP contribution in [0.2, 0.25) is 0 Å². The Morgan fingerprint density at radius 3 is 2.91 bits per heavy atom. The number of nitrogens with zero attached hydrogens (tertiary/aromatic N) is 4. The molecular weight excluding hydrogens is 306 g/mol. The van der Waals surface area contributed by atoms with Crippen LogP contribution < -0.4 is 5.32 Å². The van der Waals surface area contributed by atoms with Crippen molar-refractivity contribution < 1.29 is 0 Å². The van der Waals surface area contributed by atoms with E-state index in [0.29, 0.717) is 4.75 Å². The van der Waals surface area contributed by atoms with Gasteiger partial charge < -0.3 is 14.8 Å². The molecule has 6 heteroatoms. The standard InChI is InChI=1S/C17H31N5S/c1-5-18-16(22-12-13-23-17(3,4)14-22)20-8-6-7-10-21-11-9-19-15(21)2/h9,11H,5-8,10,12-14H2,1-4H3,(H,18,20). The Morgan fingerprint density at radius 2 is 2.26 bits per heavy atom. The van der Waals surface area contributed by atoms with Crippen molar-refractivity contribution >= 4 is 17.7 Å². The molecule has 1 aromatic rings. The van der Waals surface area contributed by atoms with Crippen molar-refractivity contribution in [2.24, 2.45) is 4.99 Å². The molecule has 1 saturated heterocycles. The number of hydrogen-bond acceptors (Lipinski definition) is 3. The maximum atomic E-state index is 4.84. The van der Waals surface area contributed by atoms with Crippen molar-refractivity contribution in [3.05, 3.63) is 18.2 Å². The summed E-state index contributed by atoms with van der Waals surface area (Å²) in [5.41, 5.74) is 0. The molecule has 0 saturated carbocycles. The molecule has 1 aliphatic rings. The molecule has 2 rings (SSSR count). The van der Waals surface area contributed by atoms with Crippen LogP contribution >= 0.6 is 11.8 Å². The summed E-state index contributed by atoms with van der Waals surface area (Å²) in [6.45, 7) is 13.8. The third-order valence-corrected chi connectivity index (χ3v) is 5.35. The predicted molar refractivity (Wildman–Crippen MR) is 100 cm³/mol. The monoisotopic (exact) mass is 337 g/mol. The molecule has 23 heavy (non-hydrogen) atoms. The quantitative estimate of drug-likeness (QED) is 0.492. The Balaban J connectivity index is 1.80. The van der Waals surface area contributed by atoms with Gasteiger partial charge in [-0.25, -0.2) is 4.98 Å². The summed E-state index contributed by atoms with van der Waals surface area (Å²) in [6, 6.07) is 0. The van der Waals surface area contributed by atoms with Gasteiger partial charge in [0.05, 0.1) is 0 Å². The van der Waals surface area contributed by atoms with Crippen LogP contribution in [0.15, 0.2) is 17.4 Å². The Kier molecular flexibility index (Phi) is 6.81. The summed E-state index contributed by atoms with van der Waals surface area (Å²) in [7, 11) is 0. The summed E-state index contributed by atoms with van der Waals surface area (Å²) in [6.07, 6.45) is 6.17. The number of aromatic nitrogens is 2. The van der Waals surface area contributed by atoms with Crippen LogP contribution in [0.5, 0.6) is 0 Å². The SMILES string of the molecule is CCNC(=NCCCCn1ccnc1C)N1CCSC(C)(C)C1. The Labute approximate surface area is 145 Å². The van der Waals surface area contributed by atoms with E-state index in [1.54, 1.807) is 0 Å². The highest BCUT2D eigenvalue weighted by atomic mass is 32.2. The second-order valence-electron chi connectivity index (χ2n) is 6.64. The first kappa shape index (κ1) is 18.2. The van der Waals surface area contributed by atoms with Crippen LogP contribution in [-0.2, 0) is 6.54 Å². The molecule has 0 bridgehead atoms. The summed E-state index contributed by atoms with van der Waals surface area (Å²) < 4.78 is 2.52. The van der Waals surface area contributed by atoms with Gasteiger partial charge in [-0.2, -0.15) is 11.8 Å². The van der Waals surface area contributed by atoms with E-state index in [0.717, 1.165) is 57.3 Å². The lowest BCUT2D eigenvalue weighted by atomic mass is 10.2. The van der Waals surface area contributed by atoms with Crippen LogP contribution in [0, 0.1) is 6.92 Å². The molecular formula is C17H31N5S. The average molecular weight is 338 g/mol. The zero-order valence-corrected chi connectivity index (χ0v) is 15.8. The second-order valence-corrected chi connectivity index (χ2v) is 8.44. The first-order valence-electron chi connectivity index (χ1n) is 8.67. The van der Waals surface area contributed by atoms with E-state index in [-0.39, 0.29) is 0 Å².